The van der Waals surface area contributed by atoms with E-state index in [1.165, 1.54) is 51.4 Å². The number of nitrogens with one attached hydrogen (secondary N) is 2. The molecule has 0 amide bonds. The van der Waals surface area contributed by atoms with E-state index in [1.54, 1.807) is 24.3 Å². The van der Waals surface area contributed by atoms with Crippen LogP contribution in [0.25, 0.3) is 28.3 Å². The molecule has 6 nitrogen and oxygen atoms in total. The van der Waals surface area contributed by atoms with Crippen molar-refractivity contribution >= 4 is 19.0 Å². The first kappa shape index (κ1) is 36.6. The second-order valence-corrected chi connectivity index (χ2v) is 12.1. The van der Waals surface area contributed by atoms with Gasteiger partial charge in [-0.2, -0.15) is 0 Å². The third-order valence-electron chi connectivity index (χ3n) is 8.20. The van der Waals surface area contributed by atoms with Gasteiger partial charge in [0.15, 0.2) is 0 Å². The van der Waals surface area contributed by atoms with Gasteiger partial charge in [-0.05, 0) is 61.4 Å². The summed E-state index contributed by atoms with van der Waals surface area (Å²) in [4.78, 5) is 19.5. The summed E-state index contributed by atoms with van der Waals surface area (Å²) in [5, 5.41) is 0. The Morgan fingerprint density at radius 1 is 0.646 bits per heavy atom. The molecule has 4 aromatic rings. The van der Waals surface area contributed by atoms with Gasteiger partial charge < -0.3 is 24.1 Å². The highest BCUT2D eigenvalue weighted by molar-refractivity contribution is 6.36. The highest BCUT2D eigenvalue weighted by Gasteiger charge is 2.23. The van der Waals surface area contributed by atoms with Gasteiger partial charge in [0.2, 0.25) is 5.78 Å². The van der Waals surface area contributed by atoms with Crippen LogP contribution in [-0.4, -0.2) is 36.4 Å². The van der Waals surface area contributed by atoms with Crippen molar-refractivity contribution < 1.29 is 27.6 Å². The van der Waals surface area contributed by atoms with Crippen LogP contribution in [0.2, 0.25) is 0 Å². The average Bonchev–Trinajstić information content (AvgIpc) is 3.79. The number of aromatic nitrogens is 2. The van der Waals surface area contributed by atoms with Gasteiger partial charge in [-0.3, -0.25) is 4.79 Å². The molecule has 0 saturated carbocycles. The van der Waals surface area contributed by atoms with Crippen LogP contribution in [0.3, 0.4) is 0 Å². The highest BCUT2D eigenvalue weighted by Crippen LogP contribution is 2.28. The Bertz CT molecular complexity index is 1560. The van der Waals surface area contributed by atoms with E-state index in [4.69, 9.17) is 14.1 Å². The van der Waals surface area contributed by atoms with E-state index in [0.717, 1.165) is 54.4 Å². The minimum absolute atomic E-state index is 0.251. The van der Waals surface area contributed by atoms with E-state index in [0.29, 0.717) is 24.6 Å². The van der Waals surface area contributed by atoms with Crippen LogP contribution in [-0.2, 0) is 4.65 Å². The van der Waals surface area contributed by atoms with Crippen LogP contribution < -0.4 is 9.47 Å². The van der Waals surface area contributed by atoms with Crippen LogP contribution in [0.15, 0.2) is 78.9 Å². The third kappa shape index (κ3) is 12.1. The second kappa shape index (κ2) is 20.2. The van der Waals surface area contributed by atoms with Gasteiger partial charge in [-0.25, -0.2) is 8.63 Å². The Kier molecular flexibility index (Phi) is 15.4. The average molecular weight is 659 g/mol. The van der Waals surface area contributed by atoms with Crippen molar-refractivity contribution in [3.8, 4) is 34.0 Å². The number of ether oxygens (including phenoxy) is 2. The molecule has 4 rings (SSSR count). The van der Waals surface area contributed by atoms with E-state index in [1.807, 2.05) is 48.5 Å². The highest BCUT2D eigenvalue weighted by atomic mass is 19.2. The quantitative estimate of drug-likeness (QED) is 0.0273. The Morgan fingerprint density at radius 3 is 1.65 bits per heavy atom. The maximum absolute atomic E-state index is 13.5. The van der Waals surface area contributed by atoms with Gasteiger partial charge in [-0.15, -0.1) is 0 Å². The summed E-state index contributed by atoms with van der Waals surface area (Å²) < 4.78 is 43.6. The number of allylic oxidation sites excluding steroid dienone is 1. The minimum atomic E-state index is -3.10. The van der Waals surface area contributed by atoms with E-state index in [9.17, 15) is 13.4 Å². The number of hydrogen-bond acceptors (Lipinski definition) is 4. The van der Waals surface area contributed by atoms with E-state index in [2.05, 4.69) is 23.8 Å². The van der Waals surface area contributed by atoms with Crippen molar-refractivity contribution in [2.45, 2.75) is 90.9 Å². The lowest BCUT2D eigenvalue weighted by Crippen LogP contribution is -2.07. The molecule has 0 bridgehead atoms. The first-order chi connectivity index (χ1) is 23.5. The van der Waals surface area contributed by atoms with Gasteiger partial charge in [0, 0.05) is 28.6 Å². The van der Waals surface area contributed by atoms with Crippen LogP contribution in [0, 0.1) is 0 Å². The zero-order chi connectivity index (χ0) is 34.0. The van der Waals surface area contributed by atoms with Crippen molar-refractivity contribution in [2.24, 2.45) is 0 Å². The molecule has 0 aliphatic rings. The van der Waals surface area contributed by atoms with Crippen LogP contribution in [0.4, 0.5) is 8.63 Å². The molecular formula is C39H49BF2N2O4. The fourth-order valence-electron chi connectivity index (χ4n) is 5.53. The molecule has 0 atom stereocenters. The Balaban J connectivity index is 1.38. The number of carbonyl (C=O) groups is 1. The van der Waals surface area contributed by atoms with Crippen LogP contribution >= 0.6 is 0 Å². The maximum atomic E-state index is 13.5. The standard InChI is InChI=1S/C39H49BF2N2O4/c1-3-5-7-9-11-13-25-46-32-19-15-17-30(27-32)34-21-23-36(43-34)38(45)29-39(48-40(41)42)37-24-22-35(44-37)31-18-16-20-33(28-31)47-26-14-12-10-8-6-4-2/h15-24,27-29,43-44H,3-14,25-26H2,1-2H3/b39-29-. The number of aromatic amines is 2. The topological polar surface area (TPSA) is 76.3 Å². The number of ketones is 1. The van der Waals surface area contributed by atoms with E-state index < -0.39 is 13.3 Å². The van der Waals surface area contributed by atoms with Gasteiger partial charge in [0.25, 0.3) is 0 Å². The molecule has 0 spiro atoms. The molecule has 0 unspecified atom stereocenters. The second-order valence-electron chi connectivity index (χ2n) is 12.1. The zero-order valence-electron chi connectivity index (χ0n) is 28.4. The fourth-order valence-corrected chi connectivity index (χ4v) is 5.53. The van der Waals surface area contributed by atoms with Crippen molar-refractivity contribution in [3.05, 3.63) is 90.3 Å². The van der Waals surface area contributed by atoms with Crippen molar-refractivity contribution in [1.29, 1.82) is 0 Å². The first-order valence-corrected chi connectivity index (χ1v) is 17.5. The number of carbonyl (C=O) groups excluding carboxylic acids is 1. The Hall–Kier alpha value is -4.27. The summed E-state index contributed by atoms with van der Waals surface area (Å²) >= 11 is 0. The smallest absolute Gasteiger partial charge is 0.503 e. The molecule has 2 heterocycles. The zero-order valence-corrected chi connectivity index (χ0v) is 28.4. The summed E-state index contributed by atoms with van der Waals surface area (Å²) in [6.45, 7) is 5.71. The number of benzene rings is 2. The monoisotopic (exact) mass is 658 g/mol. The minimum Gasteiger partial charge on any atom is -0.503 e. The lowest BCUT2D eigenvalue weighted by molar-refractivity contribution is 0.104. The van der Waals surface area contributed by atoms with E-state index >= 15 is 0 Å². The van der Waals surface area contributed by atoms with Crippen molar-refractivity contribution in [1.82, 2.24) is 9.97 Å². The molecule has 2 aromatic carbocycles. The predicted octanol–water partition coefficient (Wildman–Crippen LogP) is 11.3. The number of hydrogen-bond donors (Lipinski definition) is 2. The lowest BCUT2D eigenvalue weighted by atomic mass is 10.1. The number of unbranched alkanes of at least 4 members (excludes halogenated alkanes) is 10. The van der Waals surface area contributed by atoms with Gasteiger partial charge in [0.05, 0.1) is 24.6 Å². The maximum Gasteiger partial charge on any atom is 0.796 e. The Labute approximate surface area is 284 Å². The molecule has 256 valence electrons. The van der Waals surface area contributed by atoms with Crippen molar-refractivity contribution in [2.75, 3.05) is 13.2 Å². The lowest BCUT2D eigenvalue weighted by Gasteiger charge is -2.09. The van der Waals surface area contributed by atoms with Gasteiger partial charge in [-0.1, -0.05) is 102 Å². The largest absolute Gasteiger partial charge is 0.796 e. The predicted molar refractivity (Wildman–Crippen MR) is 192 cm³/mol. The first-order valence-electron chi connectivity index (χ1n) is 17.5. The summed E-state index contributed by atoms with van der Waals surface area (Å²) in [6, 6.07) is 22.1. The summed E-state index contributed by atoms with van der Waals surface area (Å²) in [5.41, 5.74) is 3.60. The summed E-state index contributed by atoms with van der Waals surface area (Å²) in [7, 11) is -3.10. The summed E-state index contributed by atoms with van der Waals surface area (Å²) in [6.07, 6.45) is 15.3. The normalized spacial score (nSPS) is 11.5. The van der Waals surface area contributed by atoms with E-state index in [-0.39, 0.29) is 17.1 Å². The number of rotatable bonds is 23. The fraction of sp³-hybridized carbons (Fsp3) is 0.410. The molecule has 2 N–H and O–H groups in total. The molecule has 48 heavy (non-hydrogen) atoms. The van der Waals surface area contributed by atoms with Crippen molar-refractivity contribution in [3.63, 3.8) is 0 Å². The third-order valence-corrected chi connectivity index (χ3v) is 8.20. The molecule has 9 heteroatoms. The molecule has 0 fully saturated rings. The molecular weight excluding hydrogens is 609 g/mol. The van der Waals surface area contributed by atoms with Gasteiger partial charge in [0.1, 0.15) is 17.3 Å². The molecule has 0 radical (unpaired) electrons. The van der Waals surface area contributed by atoms with Gasteiger partial charge >= 0.3 is 7.47 Å². The Morgan fingerprint density at radius 2 is 1.12 bits per heavy atom. The number of H-pyrrole nitrogens is 2. The molecule has 0 aliphatic heterocycles. The molecule has 0 saturated heterocycles. The SMILES string of the molecule is CCCCCCCCOc1cccc(-c2ccc(C(=O)/C=C(\OB(F)F)c3ccc(-c4cccc(OCCCCCCCC)c4)[nH]3)[nH]2)c1. The summed E-state index contributed by atoms with van der Waals surface area (Å²) in [5.74, 6) is 0.754. The van der Waals surface area contributed by atoms with Crippen LogP contribution in [0.5, 0.6) is 11.5 Å². The van der Waals surface area contributed by atoms with Crippen LogP contribution in [0.1, 0.15) is 107 Å². The number of halogens is 2. The molecule has 2 aromatic heterocycles. The molecule has 0 aliphatic carbocycles.